The summed E-state index contributed by atoms with van der Waals surface area (Å²) in [5, 5.41) is 1.67. The summed E-state index contributed by atoms with van der Waals surface area (Å²) in [5.41, 5.74) is 2.81. The quantitative estimate of drug-likeness (QED) is 0.0339. The highest BCUT2D eigenvalue weighted by atomic mass is 16.6. The van der Waals surface area contributed by atoms with Crippen LogP contribution in [0, 0.1) is 16.7 Å². The Kier molecular flexibility index (Phi) is 18.0. The van der Waals surface area contributed by atoms with Gasteiger partial charge in [-0.25, -0.2) is 9.59 Å². The number of rotatable bonds is 24. The van der Waals surface area contributed by atoms with Crippen molar-refractivity contribution in [1.29, 1.82) is 0 Å². The normalized spacial score (nSPS) is 14.8. The molecule has 9 nitrogen and oxygen atoms in total. The predicted molar refractivity (Wildman–Crippen MR) is 260 cm³/mol. The van der Waals surface area contributed by atoms with E-state index in [4.69, 9.17) is 27.8 Å². The van der Waals surface area contributed by atoms with Crippen LogP contribution in [0.1, 0.15) is 119 Å². The fourth-order valence-electron chi connectivity index (χ4n) is 8.27. The number of benzene rings is 3. The van der Waals surface area contributed by atoms with E-state index in [1.165, 1.54) is 25.7 Å². The first-order valence-corrected chi connectivity index (χ1v) is 23.8. The molecule has 0 N–H and O–H groups in total. The van der Waals surface area contributed by atoms with E-state index in [9.17, 15) is 14.4 Å². The monoisotopic (exact) mass is 887 g/mol. The Labute approximate surface area is 384 Å². The summed E-state index contributed by atoms with van der Waals surface area (Å²) >= 11 is 0. The number of hydrogen-bond donors (Lipinski definition) is 0. The maximum Gasteiger partial charge on any atom is 0.344 e. The first kappa shape index (κ1) is 49.2. The summed E-state index contributed by atoms with van der Waals surface area (Å²) in [4.78, 5) is 38.7. The van der Waals surface area contributed by atoms with Gasteiger partial charge in [0.25, 0.3) is 0 Å². The van der Waals surface area contributed by atoms with Gasteiger partial charge in [0.2, 0.25) is 0 Å². The second-order valence-electron chi connectivity index (χ2n) is 19.8. The second kappa shape index (κ2) is 23.8. The van der Waals surface area contributed by atoms with Crippen molar-refractivity contribution in [1.82, 2.24) is 0 Å². The summed E-state index contributed by atoms with van der Waals surface area (Å²) in [6, 6.07) is 28.3. The van der Waals surface area contributed by atoms with E-state index in [1.54, 1.807) is 6.07 Å². The first-order valence-electron chi connectivity index (χ1n) is 23.8. The smallest absolute Gasteiger partial charge is 0.344 e. The Morgan fingerprint density at radius 1 is 0.677 bits per heavy atom. The molecule has 2 aromatic heterocycles. The van der Waals surface area contributed by atoms with Gasteiger partial charge >= 0.3 is 17.2 Å². The average molecular weight is 887 g/mol. The summed E-state index contributed by atoms with van der Waals surface area (Å²) in [5.74, 6) is 0.424. The molecule has 0 fully saturated rings. The molecular weight excluding hydrogens is 817 g/mol. The van der Waals surface area contributed by atoms with Crippen LogP contribution < -0.4 is 26.6 Å². The van der Waals surface area contributed by atoms with Crippen molar-refractivity contribution < 1.29 is 32.6 Å². The van der Waals surface area contributed by atoms with Crippen LogP contribution in [0.5, 0.6) is 5.75 Å². The Bertz CT molecular complexity index is 2510. The van der Waals surface area contributed by atoms with Crippen LogP contribution in [0.3, 0.4) is 0 Å². The van der Waals surface area contributed by atoms with Gasteiger partial charge in [0, 0.05) is 23.3 Å². The van der Waals surface area contributed by atoms with Gasteiger partial charge in [0.05, 0.1) is 36.4 Å². The van der Waals surface area contributed by atoms with Crippen molar-refractivity contribution in [2.45, 2.75) is 131 Å². The molecule has 0 amide bonds. The lowest BCUT2D eigenvalue weighted by Gasteiger charge is -2.33. The Balaban J connectivity index is 0.944. The molecule has 0 spiro atoms. The Morgan fingerprint density at radius 2 is 1.26 bits per heavy atom. The summed E-state index contributed by atoms with van der Waals surface area (Å²) < 4.78 is 36.2. The summed E-state index contributed by atoms with van der Waals surface area (Å²) in [7, 11) is 0. The third-order valence-corrected chi connectivity index (χ3v) is 12.0. The van der Waals surface area contributed by atoms with Crippen molar-refractivity contribution in [3.63, 3.8) is 0 Å². The number of unbranched alkanes of at least 4 members (excludes halogenated alkanes) is 9. The maximum absolute atomic E-state index is 12.9. The van der Waals surface area contributed by atoms with Crippen molar-refractivity contribution in [2.75, 3.05) is 26.4 Å². The molecule has 0 saturated carbocycles. The van der Waals surface area contributed by atoms with Crippen molar-refractivity contribution in [3.05, 3.63) is 122 Å². The van der Waals surface area contributed by atoms with Crippen molar-refractivity contribution in [2.24, 2.45) is 16.7 Å². The van der Waals surface area contributed by atoms with E-state index < -0.39 is 5.63 Å². The Morgan fingerprint density at radius 3 is 1.88 bits per heavy atom. The predicted octanol–water partition coefficient (Wildman–Crippen LogP) is 11.4. The highest BCUT2D eigenvalue weighted by Crippen LogP contribution is 2.37. The van der Waals surface area contributed by atoms with Crippen molar-refractivity contribution >= 4 is 29.1 Å². The van der Waals surface area contributed by atoms with E-state index in [-0.39, 0.29) is 53.8 Å². The molecule has 3 aromatic carbocycles. The minimum absolute atomic E-state index is 0.0507. The van der Waals surface area contributed by atoms with Crippen LogP contribution in [-0.2, 0) is 19.0 Å². The minimum atomic E-state index is -0.405. The number of carbonyl (C=O) groups excluding carboxylic acids is 1. The van der Waals surface area contributed by atoms with Gasteiger partial charge in [-0.1, -0.05) is 160 Å². The number of carbonyl (C=O) groups is 1. The molecule has 3 unspecified atom stereocenters. The molecule has 348 valence electrons. The van der Waals surface area contributed by atoms with E-state index in [0.717, 1.165) is 66.7 Å². The molecule has 6 rings (SSSR count). The highest BCUT2D eigenvalue weighted by Gasteiger charge is 2.35. The minimum Gasteiger partial charge on any atom is -0.491 e. The van der Waals surface area contributed by atoms with Crippen LogP contribution in [-0.4, -0.2) is 44.6 Å². The third-order valence-electron chi connectivity index (χ3n) is 12.0. The molecule has 0 radical (unpaired) electrons. The summed E-state index contributed by atoms with van der Waals surface area (Å²) in [6.07, 6.45) is 15.9. The first-order chi connectivity index (χ1) is 31.2. The lowest BCUT2D eigenvalue weighted by molar-refractivity contribution is -0.154. The summed E-state index contributed by atoms with van der Waals surface area (Å²) in [6.45, 7) is 14.5. The van der Waals surface area contributed by atoms with Crippen LogP contribution >= 0.6 is 0 Å². The second-order valence-corrected chi connectivity index (χ2v) is 19.8. The number of esters is 1. The zero-order chi connectivity index (χ0) is 46.2. The molecule has 3 atom stereocenters. The number of fused-ring (bicyclic) bond motifs is 2. The molecular formula is C56H70O9. The number of hydrogen-bond acceptors (Lipinski definition) is 9. The van der Waals surface area contributed by atoms with Crippen LogP contribution in [0.25, 0.3) is 45.4 Å². The van der Waals surface area contributed by atoms with Gasteiger partial charge < -0.3 is 27.8 Å². The standard InChI is InChI=1S/C56H70O9/c1-55(2,3)37-49(56(4,5)6)54(59)61-32-22-14-12-10-8-7-9-11-13-21-31-60-46(38-62-44-29-27-42-33-47(40-23-17-15-18-24-40)52(57)64-50(42)35-44)39-63-45-30-28-43-34-48(41-25-19-16-20-26-41)53(58)65-51(43)36-45/h15-20,23-29,33-36,45-46,49H,7-14,21-22,30-32,37-39H2,1-6H3. The fraction of sp³-hybridized carbons (Fsp3) is 0.482. The van der Waals surface area contributed by atoms with E-state index in [0.29, 0.717) is 47.5 Å². The average Bonchev–Trinajstić information content (AvgIpc) is 3.28. The van der Waals surface area contributed by atoms with Crippen LogP contribution in [0.2, 0.25) is 0 Å². The SMILES string of the molecule is CC(C)(C)CC(C(=O)OCCCCCCCCCCCCOC(COc1ccc2cc(-c3ccccc3)c(=O)oc2c1)COC1C=c2oc(=O)c(-c3ccccc3)cc2=CC1)C(C)(C)C. The van der Waals surface area contributed by atoms with Gasteiger partial charge in [-0.15, -0.1) is 0 Å². The van der Waals surface area contributed by atoms with Gasteiger partial charge in [0.15, 0.2) is 0 Å². The topological polar surface area (TPSA) is 114 Å². The van der Waals surface area contributed by atoms with Crippen molar-refractivity contribution in [3.8, 4) is 28.0 Å². The molecule has 9 heteroatoms. The molecule has 0 bridgehead atoms. The lowest BCUT2D eigenvalue weighted by atomic mass is 9.72. The molecule has 1 aliphatic carbocycles. The van der Waals surface area contributed by atoms with Crippen LogP contribution in [0.15, 0.2) is 109 Å². The zero-order valence-corrected chi connectivity index (χ0v) is 39.5. The van der Waals surface area contributed by atoms with E-state index >= 15 is 0 Å². The van der Waals surface area contributed by atoms with Crippen LogP contribution in [0.4, 0.5) is 0 Å². The fourth-order valence-corrected chi connectivity index (χ4v) is 8.27. The molecule has 65 heavy (non-hydrogen) atoms. The maximum atomic E-state index is 12.9. The molecule has 2 heterocycles. The van der Waals surface area contributed by atoms with E-state index in [1.807, 2.05) is 97.1 Å². The van der Waals surface area contributed by atoms with Gasteiger partial charge in [-0.2, -0.15) is 0 Å². The Hall–Kier alpha value is -5.25. The molecule has 5 aromatic rings. The van der Waals surface area contributed by atoms with Gasteiger partial charge in [-0.3, -0.25) is 4.79 Å². The zero-order valence-electron chi connectivity index (χ0n) is 39.5. The number of ether oxygens (including phenoxy) is 4. The van der Waals surface area contributed by atoms with Gasteiger partial charge in [0.1, 0.15) is 29.5 Å². The molecule has 1 aliphatic rings. The van der Waals surface area contributed by atoms with E-state index in [2.05, 4.69) is 41.5 Å². The molecule has 0 aliphatic heterocycles. The molecule has 0 saturated heterocycles. The van der Waals surface area contributed by atoms with Gasteiger partial charge in [-0.05, 0) is 78.0 Å². The largest absolute Gasteiger partial charge is 0.491 e. The highest BCUT2D eigenvalue weighted by molar-refractivity contribution is 5.82. The third kappa shape index (κ3) is 15.4. The lowest BCUT2D eigenvalue weighted by Crippen LogP contribution is -2.36.